The van der Waals surface area contributed by atoms with Crippen LogP contribution in [0.4, 0.5) is 13.2 Å². The summed E-state index contributed by atoms with van der Waals surface area (Å²) >= 11 is 6.09. The number of benzene rings is 3. The molecular weight excluding hydrogens is 435 g/mol. The highest BCUT2D eigenvalue weighted by Crippen LogP contribution is 2.34. The molecule has 0 bridgehead atoms. The number of hydrogen-bond acceptors (Lipinski definition) is 4. The number of ether oxygens (including phenoxy) is 1. The molecule has 0 amide bonds. The largest absolute Gasteiger partial charge is 0.478 e. The normalized spacial score (nSPS) is 12.6. The van der Waals surface area contributed by atoms with Crippen molar-refractivity contribution in [2.45, 2.75) is 12.3 Å². The lowest BCUT2D eigenvalue weighted by Crippen LogP contribution is -2.20. The van der Waals surface area contributed by atoms with Crippen LogP contribution in [-0.4, -0.2) is 26.1 Å². The van der Waals surface area contributed by atoms with Gasteiger partial charge in [0, 0.05) is 10.6 Å². The first kappa shape index (κ1) is 20.7. The average Bonchev–Trinajstić information content (AvgIpc) is 3.16. The molecule has 1 heterocycles. The molecule has 0 aliphatic carbocycles. The van der Waals surface area contributed by atoms with Gasteiger partial charge in [-0.3, -0.25) is 0 Å². The average molecular weight is 448 g/mol. The van der Waals surface area contributed by atoms with Gasteiger partial charge in [-0.2, -0.15) is 13.2 Å². The molecule has 4 rings (SSSR count). The van der Waals surface area contributed by atoms with Crippen molar-refractivity contribution in [1.29, 1.82) is 0 Å². The quantitative estimate of drug-likeness (QED) is 0.449. The van der Waals surface area contributed by atoms with Crippen molar-refractivity contribution < 1.29 is 27.8 Å². The topological polar surface area (TPSA) is 77.2 Å². The van der Waals surface area contributed by atoms with Crippen LogP contribution in [0.3, 0.4) is 0 Å². The van der Waals surface area contributed by atoms with Crippen LogP contribution >= 0.6 is 11.6 Å². The molecule has 0 fully saturated rings. The molecule has 1 aromatic heterocycles. The van der Waals surface area contributed by atoms with Crippen molar-refractivity contribution in [2.75, 3.05) is 0 Å². The van der Waals surface area contributed by atoms with Crippen molar-refractivity contribution in [1.82, 2.24) is 15.0 Å². The Morgan fingerprint density at radius 3 is 2.29 bits per heavy atom. The number of fused-ring (bicyclic) bond motifs is 1. The van der Waals surface area contributed by atoms with Crippen LogP contribution in [-0.2, 0) is 11.0 Å². The summed E-state index contributed by atoms with van der Waals surface area (Å²) in [5.74, 6) is -1.42. The van der Waals surface area contributed by atoms with E-state index in [2.05, 4.69) is 10.2 Å². The Hall–Kier alpha value is -3.59. The molecule has 158 valence electrons. The minimum atomic E-state index is -4.62. The van der Waals surface area contributed by atoms with Gasteiger partial charge < -0.3 is 9.84 Å². The lowest BCUT2D eigenvalue weighted by molar-refractivity contribution is -0.146. The van der Waals surface area contributed by atoms with E-state index in [0.717, 1.165) is 18.2 Å². The van der Waals surface area contributed by atoms with Crippen LogP contribution in [0.15, 0.2) is 66.7 Å². The summed E-state index contributed by atoms with van der Waals surface area (Å²) in [5, 5.41) is 18.6. The van der Waals surface area contributed by atoms with Crippen molar-refractivity contribution in [2.24, 2.45) is 0 Å². The number of rotatable bonds is 5. The summed E-state index contributed by atoms with van der Waals surface area (Å²) in [6.07, 6.45) is -6.32. The molecule has 1 N–H and O–H groups in total. The maximum absolute atomic E-state index is 13.1. The van der Waals surface area contributed by atoms with Crippen LogP contribution in [0.2, 0.25) is 5.02 Å². The lowest BCUT2D eigenvalue weighted by atomic mass is 10.1. The van der Waals surface area contributed by atoms with Crippen LogP contribution < -0.4 is 4.74 Å². The molecule has 0 saturated heterocycles. The van der Waals surface area contributed by atoms with Crippen LogP contribution in [0.25, 0.3) is 16.7 Å². The Morgan fingerprint density at radius 1 is 1.00 bits per heavy atom. The maximum atomic E-state index is 13.1. The minimum Gasteiger partial charge on any atom is -0.478 e. The minimum absolute atomic E-state index is 0.0366. The smallest absolute Gasteiger partial charge is 0.416 e. The number of carboxylic acids is 1. The van der Waals surface area contributed by atoms with Gasteiger partial charge in [-0.25, -0.2) is 4.79 Å². The molecule has 6 nitrogen and oxygen atoms in total. The Labute approximate surface area is 178 Å². The van der Waals surface area contributed by atoms with Crippen molar-refractivity contribution in [3.05, 3.63) is 82.9 Å². The fourth-order valence-electron chi connectivity index (χ4n) is 2.98. The van der Waals surface area contributed by atoms with E-state index in [1.807, 2.05) is 0 Å². The molecule has 3 aromatic carbocycles. The Kier molecular flexibility index (Phi) is 5.28. The monoisotopic (exact) mass is 447 g/mol. The number of aromatic nitrogens is 3. The number of aliphatic carboxylic acids is 1. The summed E-state index contributed by atoms with van der Waals surface area (Å²) in [6, 6.07) is 15.4. The summed E-state index contributed by atoms with van der Waals surface area (Å²) in [6.45, 7) is 0. The molecule has 0 spiro atoms. The molecular formula is C21H13ClF3N3O3. The van der Waals surface area contributed by atoms with Gasteiger partial charge in [-0.05, 0) is 42.5 Å². The van der Waals surface area contributed by atoms with Crippen LogP contribution in [0, 0.1) is 0 Å². The first-order valence-electron chi connectivity index (χ1n) is 8.91. The second-order valence-electron chi connectivity index (χ2n) is 6.55. The number of alkyl halides is 3. The molecule has 31 heavy (non-hydrogen) atoms. The highest BCUT2D eigenvalue weighted by molar-refractivity contribution is 6.30. The second kappa shape index (κ2) is 7.92. The third kappa shape index (κ3) is 4.31. The zero-order valence-electron chi connectivity index (χ0n) is 15.5. The first-order valence-corrected chi connectivity index (χ1v) is 9.29. The molecule has 1 atom stereocenters. The van der Waals surface area contributed by atoms with Gasteiger partial charge in [-0.15, -0.1) is 15.0 Å². The summed E-state index contributed by atoms with van der Waals surface area (Å²) in [5.41, 5.74) is 0.266. The molecule has 1 unspecified atom stereocenters. The van der Waals surface area contributed by atoms with E-state index in [4.69, 9.17) is 16.3 Å². The molecule has 4 aromatic rings. The maximum Gasteiger partial charge on any atom is 0.416 e. The highest BCUT2D eigenvalue weighted by Gasteiger charge is 2.32. The summed E-state index contributed by atoms with van der Waals surface area (Å²) in [7, 11) is 0. The van der Waals surface area contributed by atoms with E-state index in [1.54, 1.807) is 24.3 Å². The SMILES string of the molecule is O=C(O)C(Oc1ccc(Cl)cc1-n1nc2ccccc2n1)c1cccc(C(F)(F)F)c1. The van der Waals surface area contributed by atoms with Gasteiger partial charge >= 0.3 is 12.1 Å². The van der Waals surface area contributed by atoms with Crippen molar-refractivity contribution in [3.8, 4) is 11.4 Å². The number of carboxylic acid groups (broad SMARTS) is 1. The third-order valence-electron chi connectivity index (χ3n) is 4.41. The second-order valence-corrected chi connectivity index (χ2v) is 6.99. The molecule has 0 radical (unpaired) electrons. The number of halogens is 4. The van der Waals surface area contributed by atoms with Gasteiger partial charge in [0.15, 0.2) is 0 Å². The molecule has 10 heteroatoms. The Morgan fingerprint density at radius 2 is 1.68 bits per heavy atom. The van der Waals surface area contributed by atoms with E-state index in [0.29, 0.717) is 16.1 Å². The zero-order valence-corrected chi connectivity index (χ0v) is 16.3. The highest BCUT2D eigenvalue weighted by atomic mass is 35.5. The van der Waals surface area contributed by atoms with Crippen LogP contribution in [0.1, 0.15) is 17.2 Å². The van der Waals surface area contributed by atoms with Gasteiger partial charge in [0.25, 0.3) is 0 Å². The van der Waals surface area contributed by atoms with Gasteiger partial charge in [-0.1, -0.05) is 35.9 Å². The van der Waals surface area contributed by atoms with Gasteiger partial charge in [0.2, 0.25) is 6.10 Å². The summed E-state index contributed by atoms with van der Waals surface area (Å²) in [4.78, 5) is 13.1. The van der Waals surface area contributed by atoms with Crippen molar-refractivity contribution in [3.63, 3.8) is 0 Å². The first-order chi connectivity index (χ1) is 14.7. The lowest BCUT2D eigenvalue weighted by Gasteiger charge is -2.19. The molecule has 0 saturated carbocycles. The number of hydrogen-bond donors (Lipinski definition) is 1. The predicted molar refractivity (Wildman–Crippen MR) is 106 cm³/mol. The Bertz CT molecular complexity index is 1240. The standard InChI is InChI=1S/C21H13ClF3N3O3/c22-14-8-9-18(17(11-14)28-26-15-6-1-2-7-16(15)27-28)31-19(20(29)30)12-4-3-5-13(10-12)21(23,24)25/h1-11,19H,(H,29,30). The Balaban J connectivity index is 1.76. The van der Waals surface area contributed by atoms with Crippen molar-refractivity contribution >= 4 is 28.6 Å². The fraction of sp³-hybridized carbons (Fsp3) is 0.0952. The van der Waals surface area contributed by atoms with Crippen LogP contribution in [0.5, 0.6) is 5.75 Å². The molecule has 0 aliphatic heterocycles. The van der Waals surface area contributed by atoms with E-state index >= 15 is 0 Å². The van der Waals surface area contributed by atoms with Gasteiger partial charge in [0.1, 0.15) is 22.5 Å². The van der Waals surface area contributed by atoms with Gasteiger partial charge in [0.05, 0.1) is 5.56 Å². The third-order valence-corrected chi connectivity index (χ3v) is 4.64. The van der Waals surface area contributed by atoms with E-state index in [1.165, 1.54) is 29.1 Å². The number of nitrogens with zero attached hydrogens (tertiary/aromatic N) is 3. The number of carbonyl (C=O) groups is 1. The fourth-order valence-corrected chi connectivity index (χ4v) is 3.15. The van der Waals surface area contributed by atoms with E-state index in [-0.39, 0.29) is 17.0 Å². The predicted octanol–water partition coefficient (Wildman–Crippen LogP) is 5.30. The van der Waals surface area contributed by atoms with E-state index in [9.17, 15) is 23.1 Å². The van der Waals surface area contributed by atoms with E-state index < -0.39 is 23.8 Å². The molecule has 0 aliphatic rings. The summed E-state index contributed by atoms with van der Waals surface area (Å²) < 4.78 is 44.8. The zero-order chi connectivity index (χ0) is 22.2.